The zero-order valence-electron chi connectivity index (χ0n) is 10.5. The topological polar surface area (TPSA) is 105 Å². The van der Waals surface area contributed by atoms with E-state index in [1.165, 1.54) is 12.3 Å². The first-order valence-electron chi connectivity index (χ1n) is 5.55. The van der Waals surface area contributed by atoms with Gasteiger partial charge in [0.2, 0.25) is 0 Å². The van der Waals surface area contributed by atoms with Crippen LogP contribution in [-0.4, -0.2) is 19.6 Å². The highest BCUT2D eigenvalue weighted by atomic mass is 32.2. The summed E-state index contributed by atoms with van der Waals surface area (Å²) in [7, 11) is 1.71. The number of hydrogen-bond acceptors (Lipinski definition) is 6. The molecular formula is C12H10N4O3S. The molecule has 0 atom stereocenters. The van der Waals surface area contributed by atoms with Gasteiger partial charge in [0.25, 0.3) is 0 Å². The minimum Gasteiger partial charge on any atom is -0.390 e. The molecule has 1 aromatic heterocycles. The molecule has 0 saturated heterocycles. The van der Waals surface area contributed by atoms with Crippen LogP contribution < -0.4 is 0 Å². The third kappa shape index (κ3) is 2.49. The first-order chi connectivity index (χ1) is 9.58. The fraction of sp³-hybridized carbons (Fsp3) is 0.167. The molecule has 0 unspecified atom stereocenters. The highest BCUT2D eigenvalue weighted by Gasteiger charge is 2.21. The molecule has 0 fully saturated rings. The lowest BCUT2D eigenvalue weighted by Crippen LogP contribution is -1.99. The Morgan fingerprint density at radius 1 is 1.60 bits per heavy atom. The number of imidazole rings is 1. The molecule has 0 aliphatic heterocycles. The number of nitro groups is 1. The SMILES string of the molecule is Cn1c(CO)cnc1Sc1cccc(C#N)c1[N+](=O)[O-]. The Morgan fingerprint density at radius 2 is 2.35 bits per heavy atom. The molecule has 1 heterocycles. The van der Waals surface area contributed by atoms with Crippen LogP contribution >= 0.6 is 11.8 Å². The third-order valence-corrected chi connectivity index (χ3v) is 3.82. The number of aliphatic hydroxyl groups excluding tert-OH is 1. The summed E-state index contributed by atoms with van der Waals surface area (Å²) >= 11 is 1.08. The summed E-state index contributed by atoms with van der Waals surface area (Å²) in [5, 5.41) is 29.7. The number of aromatic nitrogens is 2. The van der Waals surface area contributed by atoms with Crippen molar-refractivity contribution in [3.8, 4) is 6.07 Å². The van der Waals surface area contributed by atoms with Gasteiger partial charge < -0.3 is 9.67 Å². The van der Waals surface area contributed by atoms with Crippen LogP contribution in [-0.2, 0) is 13.7 Å². The average molecular weight is 290 g/mol. The highest BCUT2D eigenvalue weighted by Crippen LogP contribution is 2.36. The van der Waals surface area contributed by atoms with Gasteiger partial charge in [0, 0.05) is 7.05 Å². The summed E-state index contributed by atoms with van der Waals surface area (Å²) in [6.07, 6.45) is 1.50. The number of benzene rings is 1. The predicted molar refractivity (Wildman–Crippen MR) is 71.1 cm³/mol. The van der Waals surface area contributed by atoms with E-state index in [1.54, 1.807) is 23.7 Å². The first kappa shape index (κ1) is 14.0. The standard InChI is InChI=1S/C12H10N4O3S/c1-15-9(7-17)6-14-12(15)20-10-4-2-3-8(5-13)11(10)16(18)19/h2-4,6,17H,7H2,1H3. The Balaban J connectivity index is 2.46. The quantitative estimate of drug-likeness (QED) is 0.680. The second kappa shape index (κ2) is 5.73. The van der Waals surface area contributed by atoms with Gasteiger partial charge in [-0.05, 0) is 23.9 Å². The lowest BCUT2D eigenvalue weighted by Gasteiger charge is -2.05. The van der Waals surface area contributed by atoms with Crippen molar-refractivity contribution in [2.24, 2.45) is 7.05 Å². The summed E-state index contributed by atoms with van der Waals surface area (Å²) in [6.45, 7) is -0.162. The fourth-order valence-corrected chi connectivity index (χ4v) is 2.63. The molecule has 1 N–H and O–H groups in total. The van der Waals surface area contributed by atoms with Crippen LogP contribution in [0.25, 0.3) is 0 Å². The normalized spacial score (nSPS) is 10.2. The molecule has 2 rings (SSSR count). The van der Waals surface area contributed by atoms with Crippen molar-refractivity contribution in [1.82, 2.24) is 9.55 Å². The number of nitro benzene ring substituents is 1. The maximum Gasteiger partial charge on any atom is 0.300 e. The summed E-state index contributed by atoms with van der Waals surface area (Å²) in [5.74, 6) is 0. The van der Waals surface area contributed by atoms with E-state index < -0.39 is 4.92 Å². The number of rotatable bonds is 4. The van der Waals surface area contributed by atoms with E-state index in [2.05, 4.69) is 4.98 Å². The van der Waals surface area contributed by atoms with Crippen LogP contribution in [0.2, 0.25) is 0 Å². The Bertz CT molecular complexity index is 705. The zero-order valence-corrected chi connectivity index (χ0v) is 11.3. The van der Waals surface area contributed by atoms with Crippen molar-refractivity contribution in [3.63, 3.8) is 0 Å². The van der Waals surface area contributed by atoms with Gasteiger partial charge in [-0.1, -0.05) is 6.07 Å². The molecule has 0 radical (unpaired) electrons. The monoisotopic (exact) mass is 290 g/mol. The van der Waals surface area contributed by atoms with Gasteiger partial charge in [0.05, 0.1) is 28.3 Å². The number of para-hydroxylation sites is 1. The van der Waals surface area contributed by atoms with E-state index in [-0.39, 0.29) is 17.9 Å². The third-order valence-electron chi connectivity index (χ3n) is 2.71. The van der Waals surface area contributed by atoms with E-state index in [4.69, 9.17) is 10.4 Å². The molecule has 7 nitrogen and oxygen atoms in total. The minimum absolute atomic E-state index is 0.0107. The minimum atomic E-state index is -0.573. The van der Waals surface area contributed by atoms with Crippen LogP contribution in [0.1, 0.15) is 11.3 Å². The molecular weight excluding hydrogens is 280 g/mol. The fourth-order valence-electron chi connectivity index (χ4n) is 1.65. The van der Waals surface area contributed by atoms with Crippen molar-refractivity contribution < 1.29 is 10.0 Å². The Morgan fingerprint density at radius 3 is 2.90 bits per heavy atom. The lowest BCUT2D eigenvalue weighted by atomic mass is 10.2. The van der Waals surface area contributed by atoms with E-state index in [0.717, 1.165) is 11.8 Å². The second-order valence-corrected chi connectivity index (χ2v) is 4.88. The van der Waals surface area contributed by atoms with Crippen LogP contribution in [0.3, 0.4) is 0 Å². The van der Waals surface area contributed by atoms with Crippen molar-refractivity contribution in [2.45, 2.75) is 16.7 Å². The molecule has 0 amide bonds. The second-order valence-electron chi connectivity index (χ2n) is 3.87. The van der Waals surface area contributed by atoms with Gasteiger partial charge in [0.15, 0.2) is 5.16 Å². The molecule has 20 heavy (non-hydrogen) atoms. The molecule has 0 saturated carbocycles. The van der Waals surface area contributed by atoms with Gasteiger partial charge in [0.1, 0.15) is 11.6 Å². The van der Waals surface area contributed by atoms with Gasteiger partial charge in [-0.25, -0.2) is 4.98 Å². The van der Waals surface area contributed by atoms with Gasteiger partial charge >= 0.3 is 5.69 Å². The Kier molecular flexibility index (Phi) is 4.02. The summed E-state index contributed by atoms with van der Waals surface area (Å²) in [5.41, 5.74) is 0.386. The van der Waals surface area contributed by atoms with Crippen LogP contribution in [0.4, 0.5) is 5.69 Å². The van der Waals surface area contributed by atoms with E-state index in [1.807, 2.05) is 6.07 Å². The zero-order chi connectivity index (χ0) is 14.7. The maximum atomic E-state index is 11.1. The van der Waals surface area contributed by atoms with Crippen molar-refractivity contribution >= 4 is 17.4 Å². The molecule has 0 spiro atoms. The van der Waals surface area contributed by atoms with Gasteiger partial charge in [-0.2, -0.15) is 5.26 Å². The summed E-state index contributed by atoms with van der Waals surface area (Å²) in [6, 6.07) is 6.37. The number of hydrogen-bond donors (Lipinski definition) is 1. The number of nitriles is 1. The molecule has 0 aliphatic carbocycles. The van der Waals surface area contributed by atoms with Crippen molar-refractivity contribution in [2.75, 3.05) is 0 Å². The Hall–Kier alpha value is -2.37. The highest BCUT2D eigenvalue weighted by molar-refractivity contribution is 7.99. The van der Waals surface area contributed by atoms with E-state index >= 15 is 0 Å². The van der Waals surface area contributed by atoms with E-state index in [9.17, 15) is 10.1 Å². The van der Waals surface area contributed by atoms with Crippen LogP contribution in [0.5, 0.6) is 0 Å². The molecule has 0 aliphatic rings. The average Bonchev–Trinajstić information content (AvgIpc) is 2.79. The van der Waals surface area contributed by atoms with Crippen LogP contribution in [0.15, 0.2) is 34.4 Å². The van der Waals surface area contributed by atoms with E-state index in [0.29, 0.717) is 15.7 Å². The smallest absolute Gasteiger partial charge is 0.300 e. The summed E-state index contributed by atoms with van der Waals surface area (Å²) in [4.78, 5) is 15.0. The Labute approximate surface area is 118 Å². The molecule has 102 valence electrons. The first-order valence-corrected chi connectivity index (χ1v) is 6.37. The van der Waals surface area contributed by atoms with Crippen molar-refractivity contribution in [1.29, 1.82) is 5.26 Å². The molecule has 8 heteroatoms. The largest absolute Gasteiger partial charge is 0.390 e. The number of aliphatic hydroxyl groups is 1. The maximum absolute atomic E-state index is 11.1. The molecule has 0 bridgehead atoms. The lowest BCUT2D eigenvalue weighted by molar-refractivity contribution is -0.388. The predicted octanol–water partition coefficient (Wildman–Crippen LogP) is 1.84. The molecule has 2 aromatic rings. The molecule has 1 aromatic carbocycles. The summed E-state index contributed by atoms with van der Waals surface area (Å²) < 4.78 is 1.65. The van der Waals surface area contributed by atoms with Gasteiger partial charge in [-0.3, -0.25) is 10.1 Å². The van der Waals surface area contributed by atoms with Gasteiger partial charge in [-0.15, -0.1) is 0 Å². The van der Waals surface area contributed by atoms with Crippen LogP contribution in [0, 0.1) is 21.4 Å². The van der Waals surface area contributed by atoms with Crippen molar-refractivity contribution in [3.05, 3.63) is 45.8 Å². The number of nitrogens with zero attached hydrogens (tertiary/aromatic N) is 4.